The third kappa shape index (κ3) is 3.77. The number of thiazole rings is 1. The van der Waals surface area contributed by atoms with Crippen LogP contribution in [0.2, 0.25) is 5.02 Å². The molecule has 1 aromatic heterocycles. The third-order valence-corrected chi connectivity index (χ3v) is 5.92. The van der Waals surface area contributed by atoms with Crippen molar-refractivity contribution < 1.29 is 4.79 Å². The highest BCUT2D eigenvalue weighted by Gasteiger charge is 2.11. The van der Waals surface area contributed by atoms with Crippen molar-refractivity contribution in [2.75, 3.05) is 12.0 Å². The summed E-state index contributed by atoms with van der Waals surface area (Å²) in [7, 11) is 0. The Hall–Kier alpha value is -1.08. The molecular formula is C17H14BrClN2OS2. The van der Waals surface area contributed by atoms with Gasteiger partial charge in [-0.05, 0) is 36.6 Å². The fourth-order valence-electron chi connectivity index (χ4n) is 2.31. The Kier molecular flexibility index (Phi) is 5.81. The zero-order valence-corrected chi connectivity index (χ0v) is 16.8. The molecule has 0 fully saturated rings. The van der Waals surface area contributed by atoms with E-state index in [4.69, 9.17) is 11.6 Å². The molecule has 2 aromatic carbocycles. The minimum atomic E-state index is -0.316. The number of nitrogens with zero attached hydrogens (tertiary/aromatic N) is 2. The highest BCUT2D eigenvalue weighted by Crippen LogP contribution is 2.23. The predicted molar refractivity (Wildman–Crippen MR) is 107 cm³/mol. The van der Waals surface area contributed by atoms with Gasteiger partial charge in [0, 0.05) is 16.8 Å². The normalized spacial score (nSPS) is 12.0. The molecule has 124 valence electrons. The number of benzene rings is 2. The minimum absolute atomic E-state index is 0.316. The monoisotopic (exact) mass is 440 g/mol. The second-order valence-corrected chi connectivity index (χ2v) is 8.36. The van der Waals surface area contributed by atoms with E-state index in [1.54, 1.807) is 36.0 Å². The van der Waals surface area contributed by atoms with Gasteiger partial charge >= 0.3 is 0 Å². The Labute approximate surface area is 161 Å². The lowest BCUT2D eigenvalue weighted by Crippen LogP contribution is -2.18. The molecule has 0 saturated carbocycles. The molecule has 0 aliphatic heterocycles. The van der Waals surface area contributed by atoms with Gasteiger partial charge in [-0.25, -0.2) is 0 Å². The van der Waals surface area contributed by atoms with Crippen molar-refractivity contribution in [3.8, 4) is 0 Å². The number of halogens is 2. The molecule has 1 amide bonds. The Morgan fingerprint density at radius 3 is 2.88 bits per heavy atom. The molecule has 1 heterocycles. The van der Waals surface area contributed by atoms with Gasteiger partial charge in [-0.2, -0.15) is 16.8 Å². The number of hydrogen-bond acceptors (Lipinski definition) is 3. The van der Waals surface area contributed by atoms with E-state index in [0.717, 1.165) is 27.0 Å². The summed E-state index contributed by atoms with van der Waals surface area (Å²) in [6.07, 6.45) is 2.07. The summed E-state index contributed by atoms with van der Waals surface area (Å²) in [5, 5.41) is 0.422. The number of fused-ring (bicyclic) bond motifs is 1. The molecular weight excluding hydrogens is 428 g/mol. The summed E-state index contributed by atoms with van der Waals surface area (Å²) in [5.74, 6) is 0.638. The second kappa shape index (κ2) is 7.87. The maximum absolute atomic E-state index is 12.5. The zero-order chi connectivity index (χ0) is 17.1. The van der Waals surface area contributed by atoms with Crippen LogP contribution in [0.4, 0.5) is 0 Å². The molecule has 0 atom stereocenters. The maximum atomic E-state index is 12.5. The Morgan fingerprint density at radius 2 is 2.12 bits per heavy atom. The molecule has 0 spiro atoms. The highest BCUT2D eigenvalue weighted by atomic mass is 79.9. The van der Waals surface area contributed by atoms with E-state index in [1.807, 2.05) is 6.07 Å². The summed E-state index contributed by atoms with van der Waals surface area (Å²) in [6.45, 7) is 0.803. The van der Waals surface area contributed by atoms with Crippen LogP contribution in [0.1, 0.15) is 10.4 Å². The number of aryl methyl sites for hydroxylation is 1. The van der Waals surface area contributed by atoms with Gasteiger partial charge in [-0.1, -0.05) is 51.0 Å². The standard InChI is InChI=1S/C17H14BrClN2OS2/c1-23-9-8-21-14-7-6-11(18)10-15(14)24-17(21)20-16(22)12-4-2-3-5-13(12)19/h2-7,10H,8-9H2,1H3. The van der Waals surface area contributed by atoms with Crippen molar-refractivity contribution in [3.63, 3.8) is 0 Å². The Balaban J connectivity index is 2.13. The number of rotatable bonds is 4. The first-order valence-electron chi connectivity index (χ1n) is 7.21. The van der Waals surface area contributed by atoms with Gasteiger partial charge in [-0.3, -0.25) is 4.79 Å². The third-order valence-electron chi connectivity index (χ3n) is 3.47. The molecule has 0 N–H and O–H groups in total. The van der Waals surface area contributed by atoms with E-state index in [0.29, 0.717) is 15.4 Å². The van der Waals surface area contributed by atoms with Gasteiger partial charge in [0.2, 0.25) is 0 Å². The largest absolute Gasteiger partial charge is 0.316 e. The molecule has 0 radical (unpaired) electrons. The van der Waals surface area contributed by atoms with Gasteiger partial charge in [0.05, 0.1) is 20.8 Å². The lowest BCUT2D eigenvalue weighted by atomic mass is 10.2. The van der Waals surface area contributed by atoms with Crippen LogP contribution in [0.15, 0.2) is 51.9 Å². The van der Waals surface area contributed by atoms with Crippen LogP contribution in [0.25, 0.3) is 10.2 Å². The summed E-state index contributed by atoms with van der Waals surface area (Å²) in [4.78, 5) is 17.6. The maximum Gasteiger partial charge on any atom is 0.281 e. The second-order valence-electron chi connectivity index (χ2n) is 5.04. The van der Waals surface area contributed by atoms with Crippen LogP contribution in [0, 0.1) is 0 Å². The Morgan fingerprint density at radius 1 is 1.33 bits per heavy atom. The van der Waals surface area contributed by atoms with Crippen molar-refractivity contribution in [3.05, 3.63) is 62.3 Å². The fourth-order valence-corrected chi connectivity index (χ4v) is 4.50. The van der Waals surface area contributed by atoms with E-state index in [-0.39, 0.29) is 5.91 Å². The average molecular weight is 442 g/mol. The predicted octanol–water partition coefficient (Wildman–Crippen LogP) is 5.22. The molecule has 3 rings (SSSR count). The van der Waals surface area contributed by atoms with Crippen LogP contribution in [-0.2, 0) is 6.54 Å². The van der Waals surface area contributed by atoms with E-state index in [9.17, 15) is 4.79 Å². The summed E-state index contributed by atoms with van der Waals surface area (Å²) in [5.41, 5.74) is 1.51. The first-order chi connectivity index (χ1) is 11.6. The molecule has 0 bridgehead atoms. The molecule has 0 unspecified atom stereocenters. The minimum Gasteiger partial charge on any atom is -0.316 e. The lowest BCUT2D eigenvalue weighted by Gasteiger charge is -2.04. The molecule has 0 aliphatic carbocycles. The molecule has 3 aromatic rings. The summed E-state index contributed by atoms with van der Waals surface area (Å²) in [6, 6.07) is 13.1. The molecule has 3 nitrogen and oxygen atoms in total. The van der Waals surface area contributed by atoms with Gasteiger partial charge in [0.25, 0.3) is 5.91 Å². The first kappa shape index (κ1) is 17.7. The molecule has 0 aliphatic rings. The van der Waals surface area contributed by atoms with E-state index < -0.39 is 0 Å². The highest BCUT2D eigenvalue weighted by molar-refractivity contribution is 9.10. The van der Waals surface area contributed by atoms with Crippen molar-refractivity contribution in [2.45, 2.75) is 6.54 Å². The van der Waals surface area contributed by atoms with Gasteiger partial charge in [0.1, 0.15) is 0 Å². The average Bonchev–Trinajstić information content (AvgIpc) is 2.89. The van der Waals surface area contributed by atoms with E-state index in [2.05, 4.69) is 43.9 Å². The SMILES string of the molecule is CSCCn1c(=NC(=O)c2ccccc2Cl)sc2cc(Br)ccc21. The molecule has 0 saturated heterocycles. The summed E-state index contributed by atoms with van der Waals surface area (Å²) >= 11 is 12.9. The van der Waals surface area contributed by atoms with Crippen molar-refractivity contribution in [1.82, 2.24) is 4.57 Å². The number of hydrogen-bond donors (Lipinski definition) is 0. The van der Waals surface area contributed by atoms with E-state index in [1.165, 1.54) is 11.3 Å². The van der Waals surface area contributed by atoms with Gasteiger partial charge in [-0.15, -0.1) is 0 Å². The number of amides is 1. The van der Waals surface area contributed by atoms with Crippen LogP contribution in [-0.4, -0.2) is 22.5 Å². The molecule has 24 heavy (non-hydrogen) atoms. The zero-order valence-electron chi connectivity index (χ0n) is 12.8. The first-order valence-corrected chi connectivity index (χ1v) is 10.6. The topological polar surface area (TPSA) is 34.4 Å². The number of thioether (sulfide) groups is 1. The van der Waals surface area contributed by atoms with Crippen LogP contribution in [0.5, 0.6) is 0 Å². The summed E-state index contributed by atoms with van der Waals surface area (Å²) < 4.78 is 4.20. The smallest absolute Gasteiger partial charge is 0.281 e. The van der Waals surface area contributed by atoms with Crippen LogP contribution in [0.3, 0.4) is 0 Å². The van der Waals surface area contributed by atoms with Crippen LogP contribution < -0.4 is 4.80 Å². The lowest BCUT2D eigenvalue weighted by molar-refractivity contribution is 0.0998. The van der Waals surface area contributed by atoms with E-state index >= 15 is 0 Å². The van der Waals surface area contributed by atoms with Crippen molar-refractivity contribution in [2.24, 2.45) is 4.99 Å². The number of aromatic nitrogens is 1. The Bertz CT molecular complexity index is 965. The van der Waals surface area contributed by atoms with Crippen LogP contribution >= 0.6 is 50.6 Å². The van der Waals surface area contributed by atoms with Crippen molar-refractivity contribution >= 4 is 66.8 Å². The van der Waals surface area contributed by atoms with Gasteiger partial charge < -0.3 is 4.57 Å². The van der Waals surface area contributed by atoms with Crippen molar-refractivity contribution in [1.29, 1.82) is 0 Å². The van der Waals surface area contributed by atoms with Gasteiger partial charge in [0.15, 0.2) is 4.80 Å². The fraction of sp³-hybridized carbons (Fsp3) is 0.176. The number of carbonyl (C=O) groups excluding carboxylic acids is 1. The molecule has 7 heteroatoms. The number of carbonyl (C=O) groups is 1. The quantitative estimate of drug-likeness (QED) is 0.556.